The van der Waals surface area contributed by atoms with Crippen molar-refractivity contribution in [3.63, 3.8) is 0 Å². The molecule has 1 aromatic carbocycles. The lowest BCUT2D eigenvalue weighted by Gasteiger charge is -2.23. The molecule has 0 heterocycles. The van der Waals surface area contributed by atoms with Gasteiger partial charge in [0.25, 0.3) is 10.1 Å². The fraction of sp³-hybridized carbons (Fsp3) is 0.714. The standard InChI is InChI=1S/C15H34N.C6H5FO3S/c1-5-6-7-8-9-10-11-12-13-14-15-16(2,3)4;7-5-1-3-6(4-2-5)11(8,9)10/h5-15H2,1-4H3;1-4H,(H,8,9,10)/q+1;. The van der Waals surface area contributed by atoms with Crippen molar-refractivity contribution in [2.75, 3.05) is 27.7 Å². The Labute approximate surface area is 166 Å². The van der Waals surface area contributed by atoms with Crippen LogP contribution < -0.4 is 0 Å². The first-order valence-corrected chi connectivity index (χ1v) is 11.5. The molecule has 0 bridgehead atoms. The van der Waals surface area contributed by atoms with Gasteiger partial charge in [0.1, 0.15) is 5.82 Å². The molecular weight excluding hydrogens is 365 g/mol. The molecule has 0 atom stereocenters. The highest BCUT2D eigenvalue weighted by molar-refractivity contribution is 7.85. The molecule has 0 fully saturated rings. The van der Waals surface area contributed by atoms with Gasteiger partial charge in [-0.05, 0) is 37.1 Å². The van der Waals surface area contributed by atoms with Crippen molar-refractivity contribution in [3.05, 3.63) is 30.1 Å². The molecule has 6 heteroatoms. The smallest absolute Gasteiger partial charge is 0.294 e. The van der Waals surface area contributed by atoms with Crippen molar-refractivity contribution < 1.29 is 21.8 Å². The molecule has 0 unspecified atom stereocenters. The molecule has 27 heavy (non-hydrogen) atoms. The zero-order chi connectivity index (χ0) is 20.8. The largest absolute Gasteiger partial charge is 0.331 e. The minimum atomic E-state index is -4.19. The van der Waals surface area contributed by atoms with Crippen LogP contribution in [0.25, 0.3) is 0 Å². The summed E-state index contributed by atoms with van der Waals surface area (Å²) < 4.78 is 42.5. The van der Waals surface area contributed by atoms with Crippen LogP contribution in [0.15, 0.2) is 29.2 Å². The van der Waals surface area contributed by atoms with Crippen molar-refractivity contribution in [3.8, 4) is 0 Å². The fourth-order valence-corrected chi connectivity index (χ4v) is 3.16. The molecule has 1 N–H and O–H groups in total. The second-order valence-corrected chi connectivity index (χ2v) is 9.55. The Morgan fingerprint density at radius 1 is 0.815 bits per heavy atom. The zero-order valence-corrected chi connectivity index (χ0v) is 18.4. The highest BCUT2D eigenvalue weighted by Gasteiger charge is 2.07. The van der Waals surface area contributed by atoms with Crippen LogP contribution in [0.4, 0.5) is 4.39 Å². The molecule has 0 aromatic heterocycles. The van der Waals surface area contributed by atoms with Gasteiger partial charge in [-0.1, -0.05) is 58.3 Å². The minimum absolute atomic E-state index is 0.307. The number of hydrogen-bond acceptors (Lipinski definition) is 2. The molecule has 0 saturated carbocycles. The third-order valence-corrected chi connectivity index (χ3v) is 5.16. The van der Waals surface area contributed by atoms with E-state index in [2.05, 4.69) is 28.1 Å². The first-order valence-electron chi connectivity index (χ1n) is 10.1. The zero-order valence-electron chi connectivity index (χ0n) is 17.6. The third kappa shape index (κ3) is 16.9. The highest BCUT2D eigenvalue weighted by Crippen LogP contribution is 2.11. The van der Waals surface area contributed by atoms with Crippen LogP contribution in [0.5, 0.6) is 0 Å². The van der Waals surface area contributed by atoms with Crippen LogP contribution in [-0.2, 0) is 10.1 Å². The number of hydrogen-bond donors (Lipinski definition) is 1. The van der Waals surface area contributed by atoms with Crippen molar-refractivity contribution >= 4 is 10.1 Å². The predicted molar refractivity (Wildman–Crippen MR) is 111 cm³/mol. The van der Waals surface area contributed by atoms with Crippen molar-refractivity contribution in [1.82, 2.24) is 0 Å². The van der Waals surface area contributed by atoms with E-state index < -0.39 is 15.9 Å². The van der Waals surface area contributed by atoms with E-state index in [1.165, 1.54) is 70.8 Å². The molecule has 0 spiro atoms. The number of rotatable bonds is 12. The second-order valence-electron chi connectivity index (χ2n) is 8.12. The molecule has 158 valence electrons. The Morgan fingerprint density at radius 3 is 1.59 bits per heavy atom. The van der Waals surface area contributed by atoms with Crippen LogP contribution in [0.2, 0.25) is 0 Å². The normalized spacial score (nSPS) is 11.8. The molecule has 4 nitrogen and oxygen atoms in total. The summed E-state index contributed by atoms with van der Waals surface area (Å²) in [6.07, 6.45) is 14.4. The van der Waals surface area contributed by atoms with Gasteiger partial charge in [-0.25, -0.2) is 4.39 Å². The predicted octanol–water partition coefficient (Wildman–Crippen LogP) is 5.69. The fourth-order valence-electron chi connectivity index (χ4n) is 2.68. The van der Waals surface area contributed by atoms with E-state index in [0.717, 1.165) is 28.7 Å². The van der Waals surface area contributed by atoms with E-state index in [9.17, 15) is 12.8 Å². The Hall–Kier alpha value is -0.980. The van der Waals surface area contributed by atoms with Gasteiger partial charge in [0.05, 0.1) is 32.6 Å². The van der Waals surface area contributed by atoms with Gasteiger partial charge in [0.2, 0.25) is 0 Å². The number of benzene rings is 1. The summed E-state index contributed by atoms with van der Waals surface area (Å²) in [6, 6.07) is 3.90. The molecule has 0 aliphatic rings. The van der Waals surface area contributed by atoms with E-state index in [0.29, 0.717) is 0 Å². The Bertz CT molecular complexity index is 580. The van der Waals surface area contributed by atoms with Crippen LogP contribution in [-0.4, -0.2) is 45.1 Å². The molecule has 0 amide bonds. The SMILES string of the molecule is CCCCCCCCCCCC[N+](C)(C)C.O=S(=O)(O)c1ccc(F)cc1. The maximum atomic E-state index is 12.2. The average Bonchev–Trinajstić information content (AvgIpc) is 2.56. The van der Waals surface area contributed by atoms with E-state index in [1.54, 1.807) is 0 Å². The lowest BCUT2D eigenvalue weighted by atomic mass is 10.1. The average molecular weight is 405 g/mol. The summed E-state index contributed by atoms with van der Waals surface area (Å²) in [5, 5.41) is 0. The minimum Gasteiger partial charge on any atom is -0.331 e. The van der Waals surface area contributed by atoms with Crippen LogP contribution in [0, 0.1) is 5.82 Å². The summed E-state index contributed by atoms with van der Waals surface area (Å²) >= 11 is 0. The molecule has 0 saturated heterocycles. The van der Waals surface area contributed by atoms with Crippen molar-refractivity contribution in [2.45, 2.75) is 76.0 Å². The maximum Gasteiger partial charge on any atom is 0.294 e. The van der Waals surface area contributed by atoms with Gasteiger partial charge in [0, 0.05) is 0 Å². The van der Waals surface area contributed by atoms with Crippen LogP contribution >= 0.6 is 0 Å². The monoisotopic (exact) mass is 404 g/mol. The summed E-state index contributed by atoms with van der Waals surface area (Å²) in [5.74, 6) is -0.544. The van der Waals surface area contributed by atoms with E-state index in [4.69, 9.17) is 4.55 Å². The number of quaternary nitrogens is 1. The Morgan fingerprint density at radius 2 is 1.22 bits per heavy atom. The molecule has 0 aliphatic heterocycles. The first kappa shape index (κ1) is 26.0. The van der Waals surface area contributed by atoms with Crippen LogP contribution in [0.3, 0.4) is 0 Å². The summed E-state index contributed by atoms with van der Waals surface area (Å²) in [5.41, 5.74) is 0. The summed E-state index contributed by atoms with van der Waals surface area (Å²) in [7, 11) is 2.67. The quantitative estimate of drug-likeness (QED) is 0.277. The van der Waals surface area contributed by atoms with Crippen molar-refractivity contribution in [2.24, 2.45) is 0 Å². The topological polar surface area (TPSA) is 54.4 Å². The van der Waals surface area contributed by atoms with E-state index in [-0.39, 0.29) is 4.90 Å². The van der Waals surface area contributed by atoms with Crippen LogP contribution in [0.1, 0.15) is 71.1 Å². The lowest BCUT2D eigenvalue weighted by molar-refractivity contribution is -0.870. The molecule has 1 rings (SSSR count). The summed E-state index contributed by atoms with van der Waals surface area (Å²) in [4.78, 5) is -0.307. The number of unbranched alkanes of at least 4 members (excludes halogenated alkanes) is 9. The number of nitrogens with zero attached hydrogens (tertiary/aromatic N) is 1. The van der Waals surface area contributed by atoms with Gasteiger partial charge < -0.3 is 4.48 Å². The molecule has 1 aromatic rings. The van der Waals surface area contributed by atoms with E-state index >= 15 is 0 Å². The van der Waals surface area contributed by atoms with Gasteiger partial charge in [-0.15, -0.1) is 0 Å². The highest BCUT2D eigenvalue weighted by atomic mass is 32.2. The van der Waals surface area contributed by atoms with Crippen molar-refractivity contribution in [1.29, 1.82) is 0 Å². The third-order valence-electron chi connectivity index (χ3n) is 4.29. The summed E-state index contributed by atoms with van der Waals surface area (Å²) in [6.45, 7) is 3.62. The first-order chi connectivity index (χ1) is 12.6. The van der Waals surface area contributed by atoms with Gasteiger partial charge >= 0.3 is 0 Å². The Balaban J connectivity index is 0.000000533. The van der Waals surface area contributed by atoms with Gasteiger partial charge in [-0.3, -0.25) is 4.55 Å². The van der Waals surface area contributed by atoms with Gasteiger partial charge in [0.15, 0.2) is 0 Å². The van der Waals surface area contributed by atoms with E-state index in [1.807, 2.05) is 0 Å². The maximum absolute atomic E-state index is 12.2. The molecule has 0 aliphatic carbocycles. The molecular formula is C21H39FNO3S+. The lowest BCUT2D eigenvalue weighted by Crippen LogP contribution is -2.35. The Kier molecular flexibility index (Phi) is 13.6. The van der Waals surface area contributed by atoms with Gasteiger partial charge in [-0.2, -0.15) is 8.42 Å². The molecule has 0 radical (unpaired) electrons. The number of halogens is 1. The second kappa shape index (κ2) is 14.1.